The van der Waals surface area contributed by atoms with Crippen molar-refractivity contribution in [2.24, 2.45) is 11.7 Å². The zero-order valence-corrected chi connectivity index (χ0v) is 12.2. The van der Waals surface area contributed by atoms with Gasteiger partial charge < -0.3 is 15.4 Å². The Morgan fingerprint density at radius 2 is 1.95 bits per heavy atom. The summed E-state index contributed by atoms with van der Waals surface area (Å²) in [6.45, 7) is 8.20. The predicted molar refractivity (Wildman–Crippen MR) is 75.5 cm³/mol. The van der Waals surface area contributed by atoms with Gasteiger partial charge in [0.1, 0.15) is 6.54 Å². The van der Waals surface area contributed by atoms with E-state index in [1.165, 1.54) is 12.0 Å². The van der Waals surface area contributed by atoms with Gasteiger partial charge in [0.25, 0.3) is 0 Å². The Balaban J connectivity index is 4.77. The lowest BCUT2D eigenvalue weighted by Gasteiger charge is -2.27. The van der Waals surface area contributed by atoms with Crippen molar-refractivity contribution in [1.29, 1.82) is 0 Å². The summed E-state index contributed by atoms with van der Waals surface area (Å²) < 4.78 is 4.63. The van der Waals surface area contributed by atoms with Crippen molar-refractivity contribution in [2.45, 2.75) is 39.2 Å². The molecular formula is C14H26N2O3. The smallest absolute Gasteiger partial charge is 0.325 e. The molecule has 0 aliphatic rings. The van der Waals surface area contributed by atoms with Gasteiger partial charge in [0, 0.05) is 6.54 Å². The summed E-state index contributed by atoms with van der Waals surface area (Å²) in [5.74, 6) is -0.285. The van der Waals surface area contributed by atoms with Gasteiger partial charge in [-0.1, -0.05) is 32.8 Å². The van der Waals surface area contributed by atoms with Crippen molar-refractivity contribution in [3.05, 3.63) is 12.7 Å². The molecule has 1 amide bonds. The number of nitrogens with two attached hydrogens (primary N) is 1. The van der Waals surface area contributed by atoms with Crippen LogP contribution in [0.5, 0.6) is 0 Å². The molecular weight excluding hydrogens is 244 g/mol. The molecule has 0 heterocycles. The molecule has 19 heavy (non-hydrogen) atoms. The Hall–Kier alpha value is -1.36. The fourth-order valence-corrected chi connectivity index (χ4v) is 1.83. The third kappa shape index (κ3) is 6.38. The molecule has 5 nitrogen and oxygen atoms in total. The Morgan fingerprint density at radius 1 is 1.37 bits per heavy atom. The van der Waals surface area contributed by atoms with Crippen molar-refractivity contribution in [3.8, 4) is 0 Å². The van der Waals surface area contributed by atoms with Crippen LogP contribution in [-0.4, -0.2) is 43.0 Å². The fraction of sp³-hybridized carbons (Fsp3) is 0.714. The van der Waals surface area contributed by atoms with Crippen molar-refractivity contribution < 1.29 is 14.3 Å². The number of hydrogen-bond donors (Lipinski definition) is 1. The van der Waals surface area contributed by atoms with Gasteiger partial charge in [0.2, 0.25) is 5.91 Å². The summed E-state index contributed by atoms with van der Waals surface area (Å²) in [6, 6.07) is -0.642. The van der Waals surface area contributed by atoms with Gasteiger partial charge >= 0.3 is 5.97 Å². The van der Waals surface area contributed by atoms with E-state index in [1.54, 1.807) is 6.08 Å². The molecule has 1 unspecified atom stereocenters. The van der Waals surface area contributed by atoms with Crippen LogP contribution in [0.2, 0.25) is 0 Å². The molecule has 0 aromatic heterocycles. The molecule has 5 heteroatoms. The SMILES string of the molecule is C=CCC(N)C(=O)N(CC(=O)OC)CC(CC)CC. The van der Waals surface area contributed by atoms with Gasteiger partial charge in [-0.2, -0.15) is 0 Å². The van der Waals surface area contributed by atoms with E-state index in [9.17, 15) is 9.59 Å². The first kappa shape index (κ1) is 17.6. The summed E-state index contributed by atoms with van der Waals surface area (Å²) in [5, 5.41) is 0. The maximum atomic E-state index is 12.2. The van der Waals surface area contributed by atoms with Gasteiger partial charge in [0.15, 0.2) is 0 Å². The minimum atomic E-state index is -0.642. The molecule has 0 rings (SSSR count). The number of nitrogens with zero attached hydrogens (tertiary/aromatic N) is 1. The molecule has 0 aliphatic carbocycles. The van der Waals surface area contributed by atoms with Crippen LogP contribution in [0.25, 0.3) is 0 Å². The van der Waals surface area contributed by atoms with Crippen molar-refractivity contribution >= 4 is 11.9 Å². The molecule has 0 aliphatic heterocycles. The second-order valence-electron chi connectivity index (χ2n) is 4.61. The highest BCUT2D eigenvalue weighted by Gasteiger charge is 2.24. The van der Waals surface area contributed by atoms with Crippen LogP contribution in [0.4, 0.5) is 0 Å². The maximum Gasteiger partial charge on any atom is 0.325 e. The monoisotopic (exact) mass is 270 g/mol. The van der Waals surface area contributed by atoms with Crippen LogP contribution >= 0.6 is 0 Å². The third-order valence-electron chi connectivity index (χ3n) is 3.23. The van der Waals surface area contributed by atoms with E-state index >= 15 is 0 Å². The molecule has 0 spiro atoms. The second-order valence-corrected chi connectivity index (χ2v) is 4.61. The molecule has 0 saturated heterocycles. The molecule has 0 bridgehead atoms. The number of hydrogen-bond acceptors (Lipinski definition) is 4. The molecule has 1 atom stereocenters. The Morgan fingerprint density at radius 3 is 2.37 bits per heavy atom. The molecule has 0 fully saturated rings. The zero-order chi connectivity index (χ0) is 14.8. The highest BCUT2D eigenvalue weighted by atomic mass is 16.5. The summed E-state index contributed by atoms with van der Waals surface area (Å²) in [7, 11) is 1.31. The predicted octanol–water partition coefficient (Wildman–Crippen LogP) is 1.33. The average molecular weight is 270 g/mol. The van der Waals surface area contributed by atoms with E-state index in [-0.39, 0.29) is 12.5 Å². The number of esters is 1. The van der Waals surface area contributed by atoms with Crippen LogP contribution in [0, 0.1) is 5.92 Å². The van der Waals surface area contributed by atoms with Gasteiger partial charge in [-0.3, -0.25) is 9.59 Å². The number of rotatable bonds is 9. The van der Waals surface area contributed by atoms with E-state index in [2.05, 4.69) is 25.2 Å². The minimum absolute atomic E-state index is 0.0450. The van der Waals surface area contributed by atoms with E-state index in [4.69, 9.17) is 5.73 Å². The largest absolute Gasteiger partial charge is 0.468 e. The number of amides is 1. The first-order valence-corrected chi connectivity index (χ1v) is 6.72. The standard InChI is InChI=1S/C14H26N2O3/c1-5-8-12(15)14(18)16(10-13(17)19-4)9-11(6-2)7-3/h5,11-12H,1,6-10,15H2,2-4H3. The zero-order valence-electron chi connectivity index (χ0n) is 12.2. The van der Waals surface area contributed by atoms with Crippen LogP contribution in [0.1, 0.15) is 33.1 Å². The van der Waals surface area contributed by atoms with E-state index < -0.39 is 12.0 Å². The van der Waals surface area contributed by atoms with Crippen molar-refractivity contribution in [2.75, 3.05) is 20.2 Å². The fourth-order valence-electron chi connectivity index (χ4n) is 1.83. The maximum absolute atomic E-state index is 12.2. The first-order valence-electron chi connectivity index (χ1n) is 6.72. The highest BCUT2D eigenvalue weighted by Crippen LogP contribution is 2.11. The molecule has 0 aromatic carbocycles. The van der Waals surface area contributed by atoms with Gasteiger partial charge in [-0.05, 0) is 12.3 Å². The topological polar surface area (TPSA) is 72.6 Å². The summed E-state index contributed by atoms with van der Waals surface area (Å²) in [4.78, 5) is 25.1. The Bertz CT molecular complexity index is 301. The molecule has 0 saturated carbocycles. The average Bonchev–Trinajstić information content (AvgIpc) is 2.42. The number of carbonyl (C=O) groups is 2. The highest BCUT2D eigenvalue weighted by molar-refractivity contribution is 5.85. The van der Waals surface area contributed by atoms with E-state index in [1.807, 2.05) is 0 Å². The normalized spacial score (nSPS) is 12.1. The van der Waals surface area contributed by atoms with E-state index in [0.717, 1.165) is 12.8 Å². The number of carbonyl (C=O) groups excluding carboxylic acids is 2. The number of methoxy groups -OCH3 is 1. The second kappa shape index (κ2) is 9.55. The summed E-state index contributed by atoms with van der Waals surface area (Å²) in [5.41, 5.74) is 5.79. The van der Waals surface area contributed by atoms with Crippen LogP contribution in [0.15, 0.2) is 12.7 Å². The van der Waals surface area contributed by atoms with Gasteiger partial charge in [-0.15, -0.1) is 6.58 Å². The number of ether oxygens (including phenoxy) is 1. The molecule has 110 valence electrons. The lowest BCUT2D eigenvalue weighted by Crippen LogP contribution is -2.47. The Kier molecular flexibility index (Phi) is 8.87. The quantitative estimate of drug-likeness (QED) is 0.507. The van der Waals surface area contributed by atoms with E-state index in [0.29, 0.717) is 18.9 Å². The van der Waals surface area contributed by atoms with Crippen molar-refractivity contribution in [3.63, 3.8) is 0 Å². The van der Waals surface area contributed by atoms with Crippen LogP contribution in [0.3, 0.4) is 0 Å². The van der Waals surface area contributed by atoms with Gasteiger partial charge in [-0.25, -0.2) is 0 Å². The van der Waals surface area contributed by atoms with Crippen molar-refractivity contribution in [1.82, 2.24) is 4.90 Å². The molecule has 0 aromatic rings. The first-order chi connectivity index (χ1) is 8.99. The lowest BCUT2D eigenvalue weighted by molar-refractivity contribution is -0.147. The van der Waals surface area contributed by atoms with Crippen LogP contribution < -0.4 is 5.73 Å². The molecule has 0 radical (unpaired) electrons. The minimum Gasteiger partial charge on any atom is -0.468 e. The third-order valence-corrected chi connectivity index (χ3v) is 3.23. The lowest BCUT2D eigenvalue weighted by atomic mass is 10.0. The van der Waals surface area contributed by atoms with Gasteiger partial charge in [0.05, 0.1) is 13.2 Å². The molecule has 2 N–H and O–H groups in total. The Labute approximate surface area is 115 Å². The summed E-state index contributed by atoms with van der Waals surface area (Å²) in [6.07, 6.45) is 3.92. The summed E-state index contributed by atoms with van der Waals surface area (Å²) >= 11 is 0. The van der Waals surface area contributed by atoms with Crippen LogP contribution in [-0.2, 0) is 14.3 Å².